The fraction of sp³-hybridized carbons (Fsp3) is 0.571. The van der Waals surface area contributed by atoms with Gasteiger partial charge in [-0.3, -0.25) is 0 Å². The Morgan fingerprint density at radius 2 is 2.28 bits per heavy atom. The summed E-state index contributed by atoms with van der Waals surface area (Å²) in [5, 5.41) is 0. The van der Waals surface area contributed by atoms with E-state index in [-0.39, 0.29) is 5.41 Å². The molecule has 2 aliphatic rings. The van der Waals surface area contributed by atoms with E-state index in [9.17, 15) is 0 Å². The van der Waals surface area contributed by atoms with E-state index in [0.717, 1.165) is 24.5 Å². The molecule has 0 unspecified atom stereocenters. The summed E-state index contributed by atoms with van der Waals surface area (Å²) < 4.78 is 12.3. The van der Waals surface area contributed by atoms with Gasteiger partial charge in [0, 0.05) is 28.4 Å². The van der Waals surface area contributed by atoms with Crippen molar-refractivity contribution in [1.29, 1.82) is 0 Å². The molecule has 1 aliphatic heterocycles. The molecule has 2 N–H and O–H groups in total. The summed E-state index contributed by atoms with van der Waals surface area (Å²) >= 11 is 3.76. The molecule has 3 rings (SSSR count). The molecule has 0 aromatic heterocycles. The number of halogens is 1. The van der Waals surface area contributed by atoms with Gasteiger partial charge in [-0.05, 0) is 24.5 Å². The maximum atomic E-state index is 6.01. The first-order valence-corrected chi connectivity index (χ1v) is 7.24. The standard InChI is InChI=1S/C14H18BrNO2/c1-17-11-7-10(14(8-16)4-2-5-14)12(15)9-3-6-18-13(9)11/h7H,2-6,8,16H2,1H3. The predicted octanol–water partition coefficient (Wildman–Crippen LogP) is 2.77. The number of rotatable bonds is 3. The molecule has 0 saturated heterocycles. The van der Waals surface area contributed by atoms with Crippen LogP contribution in [0, 0.1) is 0 Å². The summed E-state index contributed by atoms with van der Waals surface area (Å²) in [6, 6.07) is 2.11. The Morgan fingerprint density at radius 1 is 1.50 bits per heavy atom. The molecule has 0 bridgehead atoms. The molecule has 3 nitrogen and oxygen atoms in total. The van der Waals surface area contributed by atoms with Gasteiger partial charge in [0.05, 0.1) is 13.7 Å². The highest BCUT2D eigenvalue weighted by Crippen LogP contribution is 2.51. The van der Waals surface area contributed by atoms with Gasteiger partial charge >= 0.3 is 0 Å². The van der Waals surface area contributed by atoms with Crippen LogP contribution in [0.2, 0.25) is 0 Å². The van der Waals surface area contributed by atoms with E-state index in [2.05, 4.69) is 22.0 Å². The van der Waals surface area contributed by atoms with Crippen molar-refractivity contribution in [3.63, 3.8) is 0 Å². The van der Waals surface area contributed by atoms with Gasteiger partial charge in [0.15, 0.2) is 11.5 Å². The number of hydrogen-bond donors (Lipinski definition) is 1. The van der Waals surface area contributed by atoms with Gasteiger partial charge in [-0.2, -0.15) is 0 Å². The number of hydrogen-bond acceptors (Lipinski definition) is 3. The minimum Gasteiger partial charge on any atom is -0.493 e. The van der Waals surface area contributed by atoms with Gasteiger partial charge in [0.25, 0.3) is 0 Å². The van der Waals surface area contributed by atoms with Crippen LogP contribution in [0.5, 0.6) is 11.5 Å². The normalized spacial score (nSPS) is 19.9. The summed E-state index contributed by atoms with van der Waals surface area (Å²) in [4.78, 5) is 0. The smallest absolute Gasteiger partial charge is 0.165 e. The molecule has 18 heavy (non-hydrogen) atoms. The third-order valence-electron chi connectivity index (χ3n) is 4.37. The number of ether oxygens (including phenoxy) is 2. The lowest BCUT2D eigenvalue weighted by Gasteiger charge is -2.42. The topological polar surface area (TPSA) is 44.5 Å². The first-order chi connectivity index (χ1) is 8.72. The van der Waals surface area contributed by atoms with Crippen LogP contribution in [0.15, 0.2) is 10.5 Å². The van der Waals surface area contributed by atoms with Crippen LogP contribution in [0.4, 0.5) is 0 Å². The van der Waals surface area contributed by atoms with Crippen molar-refractivity contribution in [3.8, 4) is 11.5 Å². The Morgan fingerprint density at radius 3 is 2.83 bits per heavy atom. The summed E-state index contributed by atoms with van der Waals surface area (Å²) in [5.41, 5.74) is 8.70. The maximum Gasteiger partial charge on any atom is 0.165 e. The van der Waals surface area contributed by atoms with Crippen LogP contribution in [0.25, 0.3) is 0 Å². The zero-order chi connectivity index (χ0) is 12.8. The molecule has 1 aromatic carbocycles. The fourth-order valence-corrected chi connectivity index (χ4v) is 3.95. The fourth-order valence-electron chi connectivity index (χ4n) is 3.03. The lowest BCUT2D eigenvalue weighted by Crippen LogP contribution is -2.41. The van der Waals surface area contributed by atoms with Gasteiger partial charge in [-0.15, -0.1) is 0 Å². The monoisotopic (exact) mass is 311 g/mol. The highest BCUT2D eigenvalue weighted by molar-refractivity contribution is 9.10. The van der Waals surface area contributed by atoms with E-state index >= 15 is 0 Å². The van der Waals surface area contributed by atoms with Crippen LogP contribution in [0.3, 0.4) is 0 Å². The van der Waals surface area contributed by atoms with E-state index in [1.807, 2.05) is 0 Å². The average molecular weight is 312 g/mol. The van der Waals surface area contributed by atoms with Crippen molar-refractivity contribution in [2.45, 2.75) is 31.1 Å². The summed E-state index contributed by atoms with van der Waals surface area (Å²) in [7, 11) is 1.70. The Hall–Kier alpha value is -0.740. The second kappa shape index (κ2) is 4.42. The molecule has 1 aliphatic carbocycles. The molecule has 1 aromatic rings. The molecule has 0 radical (unpaired) electrons. The molecule has 98 valence electrons. The minimum atomic E-state index is 0.143. The quantitative estimate of drug-likeness (QED) is 0.933. The molecule has 1 saturated carbocycles. The SMILES string of the molecule is COc1cc(C2(CN)CCC2)c(Br)c2c1OCC2. The summed E-state index contributed by atoms with van der Waals surface area (Å²) in [5.74, 6) is 1.75. The second-order valence-corrected chi connectivity index (χ2v) is 5.98. The predicted molar refractivity (Wildman–Crippen MR) is 74.5 cm³/mol. The zero-order valence-corrected chi connectivity index (χ0v) is 12.2. The van der Waals surface area contributed by atoms with E-state index < -0.39 is 0 Å². The van der Waals surface area contributed by atoms with Crippen LogP contribution in [-0.4, -0.2) is 20.3 Å². The number of methoxy groups -OCH3 is 1. The number of nitrogens with two attached hydrogens (primary N) is 1. The first kappa shape index (κ1) is 12.3. The van der Waals surface area contributed by atoms with Crippen molar-refractivity contribution in [2.24, 2.45) is 5.73 Å². The van der Waals surface area contributed by atoms with Gasteiger partial charge in [-0.25, -0.2) is 0 Å². The van der Waals surface area contributed by atoms with E-state index in [0.29, 0.717) is 6.54 Å². The van der Waals surface area contributed by atoms with E-state index in [1.165, 1.54) is 34.9 Å². The van der Waals surface area contributed by atoms with Gasteiger partial charge in [0.2, 0.25) is 0 Å². The Labute approximate surface area is 116 Å². The molecular weight excluding hydrogens is 294 g/mol. The molecule has 0 amide bonds. The van der Waals surface area contributed by atoms with Crippen molar-refractivity contribution >= 4 is 15.9 Å². The van der Waals surface area contributed by atoms with Crippen LogP contribution in [0.1, 0.15) is 30.4 Å². The Bertz CT molecular complexity index is 478. The third kappa shape index (κ3) is 1.58. The molecule has 1 fully saturated rings. The zero-order valence-electron chi connectivity index (χ0n) is 10.6. The lowest BCUT2D eigenvalue weighted by molar-refractivity contribution is 0.250. The van der Waals surface area contributed by atoms with Crippen LogP contribution < -0.4 is 15.2 Å². The number of benzene rings is 1. The third-order valence-corrected chi connectivity index (χ3v) is 5.27. The van der Waals surface area contributed by atoms with E-state index in [4.69, 9.17) is 15.2 Å². The van der Waals surface area contributed by atoms with Gasteiger partial charge in [0.1, 0.15) is 0 Å². The van der Waals surface area contributed by atoms with Crippen molar-refractivity contribution in [1.82, 2.24) is 0 Å². The summed E-state index contributed by atoms with van der Waals surface area (Å²) in [6.07, 6.45) is 4.55. The molecule has 1 heterocycles. The van der Waals surface area contributed by atoms with E-state index in [1.54, 1.807) is 7.11 Å². The maximum absolute atomic E-state index is 6.01. The molecule has 4 heteroatoms. The van der Waals surface area contributed by atoms with Crippen molar-refractivity contribution in [3.05, 3.63) is 21.7 Å². The average Bonchev–Trinajstić information content (AvgIpc) is 2.81. The summed E-state index contributed by atoms with van der Waals surface area (Å²) in [6.45, 7) is 1.44. The molecule has 0 atom stereocenters. The number of fused-ring (bicyclic) bond motifs is 1. The van der Waals surface area contributed by atoms with Crippen LogP contribution in [-0.2, 0) is 11.8 Å². The molecular formula is C14H18BrNO2. The second-order valence-electron chi connectivity index (χ2n) is 5.18. The first-order valence-electron chi connectivity index (χ1n) is 6.44. The highest BCUT2D eigenvalue weighted by atomic mass is 79.9. The van der Waals surface area contributed by atoms with Crippen molar-refractivity contribution in [2.75, 3.05) is 20.3 Å². The lowest BCUT2D eigenvalue weighted by atomic mass is 9.64. The molecule has 0 spiro atoms. The highest BCUT2D eigenvalue weighted by Gasteiger charge is 2.40. The van der Waals surface area contributed by atoms with Crippen LogP contribution >= 0.6 is 15.9 Å². The van der Waals surface area contributed by atoms with Crippen molar-refractivity contribution < 1.29 is 9.47 Å². The Kier molecular flexibility index (Phi) is 3.02. The Balaban J connectivity index is 2.15. The van der Waals surface area contributed by atoms with Gasteiger partial charge < -0.3 is 15.2 Å². The largest absolute Gasteiger partial charge is 0.493 e. The van der Waals surface area contributed by atoms with Gasteiger partial charge in [-0.1, -0.05) is 22.4 Å². The minimum absolute atomic E-state index is 0.143.